The number of carbonyl (C=O) groups excluding carboxylic acids is 1. The zero-order valence-corrected chi connectivity index (χ0v) is 21.9. The molecule has 1 heterocycles. The summed E-state index contributed by atoms with van der Waals surface area (Å²) in [4.78, 5) is 15.7. The Balaban J connectivity index is 1.42. The minimum Gasteiger partial charge on any atom is -0.390 e. The second-order valence-electron chi connectivity index (χ2n) is 9.70. The van der Waals surface area contributed by atoms with Gasteiger partial charge in [0.1, 0.15) is 5.82 Å². The molecule has 9 heteroatoms. The molecule has 3 aromatic carbocycles. The second-order valence-corrected chi connectivity index (χ2v) is 11.8. The fourth-order valence-corrected chi connectivity index (χ4v) is 5.46. The van der Waals surface area contributed by atoms with Crippen molar-refractivity contribution in [3.63, 3.8) is 0 Å². The van der Waals surface area contributed by atoms with Gasteiger partial charge in [-0.3, -0.25) is 4.79 Å². The van der Waals surface area contributed by atoms with Gasteiger partial charge in [0.2, 0.25) is 5.82 Å². The van der Waals surface area contributed by atoms with Gasteiger partial charge in [0.25, 0.3) is 5.91 Å². The lowest BCUT2D eigenvalue weighted by atomic mass is 10.0. The van der Waals surface area contributed by atoms with Gasteiger partial charge >= 0.3 is 0 Å². The van der Waals surface area contributed by atoms with Crippen LogP contribution in [0, 0.1) is 6.92 Å². The predicted octanol–water partition coefficient (Wildman–Crippen LogP) is 3.87. The fraction of sp³-hybridized carbons (Fsp3) is 0.250. The summed E-state index contributed by atoms with van der Waals surface area (Å²) in [5.41, 5.74) is 9.21. The molecule has 0 fully saturated rings. The van der Waals surface area contributed by atoms with Gasteiger partial charge in [0, 0.05) is 0 Å². The first-order valence-electron chi connectivity index (χ1n) is 11.9. The summed E-state index contributed by atoms with van der Waals surface area (Å²) in [5.74, 6) is -0.191. The number of rotatable bonds is 9. The molecule has 0 spiro atoms. The minimum absolute atomic E-state index is 0.0105. The van der Waals surface area contributed by atoms with Crippen LogP contribution in [0.2, 0.25) is 0 Å². The van der Waals surface area contributed by atoms with Crippen LogP contribution in [-0.2, 0) is 16.3 Å². The van der Waals surface area contributed by atoms with Gasteiger partial charge in [0.05, 0.1) is 21.9 Å². The van der Waals surface area contributed by atoms with Crippen molar-refractivity contribution in [3.05, 3.63) is 95.6 Å². The molecule has 37 heavy (non-hydrogen) atoms. The Morgan fingerprint density at radius 1 is 0.919 bits per heavy atom. The number of benzene rings is 3. The van der Waals surface area contributed by atoms with Crippen molar-refractivity contribution < 1.29 is 18.3 Å². The molecular weight excluding hydrogens is 488 g/mol. The fourth-order valence-electron chi connectivity index (χ4n) is 3.90. The highest BCUT2D eigenvalue weighted by atomic mass is 32.2. The molecule has 0 bridgehead atoms. The SMILES string of the molecule is Cc1nc(C(N)=O)nn1-c1ccc(Cc2ccc(-c3ccc(S(=O)(=O)CCC(C)(C)O)cc3)cc2)cc1. The lowest BCUT2D eigenvalue weighted by Crippen LogP contribution is -2.23. The van der Waals surface area contributed by atoms with Crippen molar-refractivity contribution in [1.82, 2.24) is 14.8 Å². The third kappa shape index (κ3) is 6.49. The molecule has 1 aromatic heterocycles. The molecule has 0 aliphatic rings. The Hall–Kier alpha value is -3.82. The van der Waals surface area contributed by atoms with Gasteiger partial charge in [-0.15, -0.1) is 5.10 Å². The first kappa shape index (κ1) is 26.2. The van der Waals surface area contributed by atoms with Crippen molar-refractivity contribution in [2.45, 2.75) is 44.1 Å². The number of aryl methyl sites for hydroxylation is 1. The molecule has 4 rings (SSSR count). The Bertz CT molecular complexity index is 1500. The van der Waals surface area contributed by atoms with Crippen molar-refractivity contribution in [1.29, 1.82) is 0 Å². The van der Waals surface area contributed by atoms with E-state index in [1.807, 2.05) is 36.4 Å². The highest BCUT2D eigenvalue weighted by molar-refractivity contribution is 7.91. The summed E-state index contributed by atoms with van der Waals surface area (Å²) in [6, 6.07) is 22.9. The van der Waals surface area contributed by atoms with E-state index in [1.54, 1.807) is 49.7 Å². The van der Waals surface area contributed by atoms with E-state index in [0.717, 1.165) is 34.4 Å². The quantitative estimate of drug-likeness (QED) is 0.346. The maximum atomic E-state index is 12.6. The van der Waals surface area contributed by atoms with E-state index in [1.165, 1.54) is 0 Å². The third-order valence-electron chi connectivity index (χ3n) is 6.06. The second kappa shape index (κ2) is 10.3. The van der Waals surface area contributed by atoms with Crippen LogP contribution >= 0.6 is 0 Å². The molecule has 0 unspecified atom stereocenters. The van der Waals surface area contributed by atoms with Crippen LogP contribution in [0.15, 0.2) is 77.7 Å². The van der Waals surface area contributed by atoms with Gasteiger partial charge in [-0.2, -0.15) is 0 Å². The largest absolute Gasteiger partial charge is 0.390 e. The van der Waals surface area contributed by atoms with E-state index >= 15 is 0 Å². The molecule has 0 saturated heterocycles. The maximum Gasteiger partial charge on any atom is 0.288 e. The van der Waals surface area contributed by atoms with E-state index < -0.39 is 21.3 Å². The summed E-state index contributed by atoms with van der Waals surface area (Å²) in [7, 11) is -3.45. The van der Waals surface area contributed by atoms with Gasteiger partial charge < -0.3 is 10.8 Å². The number of nitrogens with two attached hydrogens (primary N) is 1. The number of carbonyl (C=O) groups is 1. The number of amides is 1. The highest BCUT2D eigenvalue weighted by Gasteiger charge is 2.20. The van der Waals surface area contributed by atoms with E-state index in [2.05, 4.69) is 22.2 Å². The zero-order valence-electron chi connectivity index (χ0n) is 21.0. The number of hydrogen-bond acceptors (Lipinski definition) is 6. The topological polar surface area (TPSA) is 128 Å². The summed E-state index contributed by atoms with van der Waals surface area (Å²) in [6.45, 7) is 4.97. The molecular formula is C28H30N4O4S. The molecule has 3 N–H and O–H groups in total. The van der Waals surface area contributed by atoms with Gasteiger partial charge in [-0.1, -0.05) is 48.5 Å². The molecule has 0 radical (unpaired) electrons. The molecule has 0 aliphatic carbocycles. The standard InChI is InChI=1S/C28H30N4O4S/c1-19-30-27(26(29)33)31-32(19)24-12-6-21(7-13-24)18-20-4-8-22(9-5-20)23-10-14-25(15-11-23)37(35,36)17-16-28(2,3)34/h4-15,34H,16-18H2,1-3H3,(H2,29,33). The van der Waals surface area contributed by atoms with Crippen LogP contribution in [0.1, 0.15) is 47.8 Å². The normalized spacial score (nSPS) is 12.0. The summed E-state index contributed by atoms with van der Waals surface area (Å²) in [5, 5.41) is 14.0. The lowest BCUT2D eigenvalue weighted by Gasteiger charge is -2.16. The zero-order chi connectivity index (χ0) is 26.8. The minimum atomic E-state index is -3.45. The number of nitrogens with zero attached hydrogens (tertiary/aromatic N) is 3. The van der Waals surface area contributed by atoms with Crippen molar-refractivity contribution >= 4 is 15.7 Å². The van der Waals surface area contributed by atoms with E-state index in [-0.39, 0.29) is 22.9 Å². The molecule has 1 amide bonds. The van der Waals surface area contributed by atoms with Gasteiger partial charge in [0.15, 0.2) is 9.84 Å². The van der Waals surface area contributed by atoms with E-state index in [4.69, 9.17) is 5.73 Å². The Kier molecular flexibility index (Phi) is 7.29. The molecule has 0 atom stereocenters. The van der Waals surface area contributed by atoms with Crippen molar-refractivity contribution in [3.8, 4) is 16.8 Å². The average Bonchev–Trinajstić information content (AvgIpc) is 3.25. The molecule has 0 saturated carbocycles. The van der Waals surface area contributed by atoms with Gasteiger partial charge in [-0.05, 0) is 80.1 Å². The monoisotopic (exact) mass is 518 g/mol. The van der Waals surface area contributed by atoms with E-state index in [0.29, 0.717) is 5.82 Å². The van der Waals surface area contributed by atoms with Crippen molar-refractivity contribution in [2.24, 2.45) is 5.73 Å². The summed E-state index contributed by atoms with van der Waals surface area (Å²) < 4.78 is 26.7. The Labute approximate surface area is 216 Å². The lowest BCUT2D eigenvalue weighted by molar-refractivity contribution is 0.0772. The van der Waals surface area contributed by atoms with Crippen LogP contribution in [-0.4, -0.2) is 45.5 Å². The molecule has 8 nitrogen and oxygen atoms in total. The number of hydrogen-bond donors (Lipinski definition) is 2. The van der Waals surface area contributed by atoms with Crippen molar-refractivity contribution in [2.75, 3.05) is 5.75 Å². The maximum absolute atomic E-state index is 12.6. The van der Waals surface area contributed by atoms with Crippen LogP contribution < -0.4 is 5.73 Å². The summed E-state index contributed by atoms with van der Waals surface area (Å²) in [6.07, 6.45) is 0.916. The smallest absolute Gasteiger partial charge is 0.288 e. The number of sulfone groups is 1. The average molecular weight is 519 g/mol. The van der Waals surface area contributed by atoms with Crippen LogP contribution in [0.5, 0.6) is 0 Å². The van der Waals surface area contributed by atoms with Crippen LogP contribution in [0.4, 0.5) is 0 Å². The highest BCUT2D eigenvalue weighted by Crippen LogP contribution is 2.24. The third-order valence-corrected chi connectivity index (χ3v) is 7.79. The predicted molar refractivity (Wildman–Crippen MR) is 142 cm³/mol. The molecule has 0 aliphatic heterocycles. The number of primary amides is 1. The summed E-state index contributed by atoms with van der Waals surface area (Å²) >= 11 is 0. The molecule has 4 aromatic rings. The first-order valence-corrected chi connectivity index (χ1v) is 13.5. The van der Waals surface area contributed by atoms with E-state index in [9.17, 15) is 18.3 Å². The van der Waals surface area contributed by atoms with Gasteiger partial charge in [-0.25, -0.2) is 18.1 Å². The number of aliphatic hydroxyl groups is 1. The number of aromatic nitrogens is 3. The Morgan fingerprint density at radius 2 is 1.43 bits per heavy atom. The van der Waals surface area contributed by atoms with Crippen LogP contribution in [0.25, 0.3) is 16.8 Å². The molecule has 192 valence electrons. The van der Waals surface area contributed by atoms with Crippen LogP contribution in [0.3, 0.4) is 0 Å². The Morgan fingerprint density at radius 3 is 1.92 bits per heavy atom. The first-order chi connectivity index (χ1) is 17.4.